The first-order valence-electron chi connectivity index (χ1n) is 8.72. The van der Waals surface area contributed by atoms with Crippen molar-refractivity contribution in [2.75, 3.05) is 13.2 Å². The molecule has 0 amide bonds. The van der Waals surface area contributed by atoms with Crippen LogP contribution in [-0.2, 0) is 19.4 Å². The number of rotatable bonds is 6. The number of nitrogens with two attached hydrogens (primary N) is 1. The van der Waals surface area contributed by atoms with E-state index in [2.05, 4.69) is 0 Å². The van der Waals surface area contributed by atoms with E-state index in [0.717, 1.165) is 11.1 Å². The van der Waals surface area contributed by atoms with E-state index in [-0.39, 0.29) is 18.0 Å². The summed E-state index contributed by atoms with van der Waals surface area (Å²) in [5.41, 5.74) is 6.49. The maximum Gasteiger partial charge on any atom is 0.315 e. The summed E-state index contributed by atoms with van der Waals surface area (Å²) >= 11 is 5.88. The van der Waals surface area contributed by atoms with Gasteiger partial charge in [0.2, 0.25) is 0 Å². The minimum absolute atomic E-state index is 0.109. The maximum absolute atomic E-state index is 13.3. The SMILES string of the molecule is CCOC(=O)C1(CN)C(c2ccc(C)cc2)C1S(=O)(=O)c1ccc(Cl)cc1. The summed E-state index contributed by atoms with van der Waals surface area (Å²) in [6, 6.07) is 13.4. The Labute approximate surface area is 164 Å². The van der Waals surface area contributed by atoms with E-state index in [1.807, 2.05) is 31.2 Å². The molecule has 2 aromatic carbocycles. The Morgan fingerprint density at radius 2 is 1.74 bits per heavy atom. The summed E-state index contributed by atoms with van der Waals surface area (Å²) in [5, 5.41) is -0.534. The molecule has 0 spiro atoms. The number of halogens is 1. The van der Waals surface area contributed by atoms with Gasteiger partial charge in [0, 0.05) is 17.5 Å². The normalized spacial score (nSPS) is 24.4. The monoisotopic (exact) mass is 407 g/mol. The standard InChI is InChI=1S/C20H22ClNO4S/c1-3-26-19(23)20(12-22)17(14-6-4-13(2)5-7-14)18(20)27(24,25)16-10-8-15(21)9-11-16/h4-11,17-18H,3,12,22H2,1-2H3. The third-order valence-electron chi connectivity index (χ3n) is 5.16. The van der Waals surface area contributed by atoms with Gasteiger partial charge in [-0.25, -0.2) is 8.42 Å². The van der Waals surface area contributed by atoms with Gasteiger partial charge in [0.1, 0.15) is 5.41 Å². The zero-order chi connectivity index (χ0) is 19.8. The molecule has 0 aromatic heterocycles. The summed E-state index contributed by atoms with van der Waals surface area (Å²) < 4.78 is 31.9. The lowest BCUT2D eigenvalue weighted by Crippen LogP contribution is -2.33. The Hall–Kier alpha value is -1.89. The highest BCUT2D eigenvalue weighted by molar-refractivity contribution is 7.92. The van der Waals surface area contributed by atoms with Crippen molar-refractivity contribution >= 4 is 27.4 Å². The highest BCUT2D eigenvalue weighted by atomic mass is 35.5. The van der Waals surface area contributed by atoms with E-state index < -0.39 is 32.4 Å². The molecule has 1 aliphatic carbocycles. The Bertz CT molecular complexity index is 941. The fourth-order valence-corrected chi connectivity index (χ4v) is 6.22. The van der Waals surface area contributed by atoms with Crippen LogP contribution in [-0.4, -0.2) is 32.8 Å². The Balaban J connectivity index is 2.10. The van der Waals surface area contributed by atoms with E-state index in [0.29, 0.717) is 5.02 Å². The van der Waals surface area contributed by atoms with Gasteiger partial charge in [-0.2, -0.15) is 0 Å². The number of benzene rings is 2. The van der Waals surface area contributed by atoms with Crippen molar-refractivity contribution in [2.45, 2.75) is 29.9 Å². The Morgan fingerprint density at radius 3 is 2.26 bits per heavy atom. The van der Waals surface area contributed by atoms with Gasteiger partial charge < -0.3 is 10.5 Å². The largest absolute Gasteiger partial charge is 0.465 e. The van der Waals surface area contributed by atoms with Crippen LogP contribution in [0.25, 0.3) is 0 Å². The van der Waals surface area contributed by atoms with Gasteiger partial charge in [0.05, 0.1) is 16.8 Å². The summed E-state index contributed by atoms with van der Waals surface area (Å²) in [6.07, 6.45) is 0. The van der Waals surface area contributed by atoms with Crippen LogP contribution in [0.3, 0.4) is 0 Å². The first kappa shape index (κ1) is 19.9. The molecule has 1 aliphatic rings. The third kappa shape index (κ3) is 3.26. The topological polar surface area (TPSA) is 86.5 Å². The van der Waals surface area contributed by atoms with Gasteiger partial charge in [-0.15, -0.1) is 0 Å². The van der Waals surface area contributed by atoms with Gasteiger partial charge in [0.25, 0.3) is 0 Å². The number of carbonyl (C=O) groups is 1. The zero-order valence-electron chi connectivity index (χ0n) is 15.2. The van der Waals surface area contributed by atoms with Crippen LogP contribution in [0.15, 0.2) is 53.4 Å². The number of aryl methyl sites for hydroxylation is 1. The lowest BCUT2D eigenvalue weighted by Gasteiger charge is -2.14. The minimum Gasteiger partial charge on any atom is -0.465 e. The van der Waals surface area contributed by atoms with Crippen molar-refractivity contribution in [3.63, 3.8) is 0 Å². The van der Waals surface area contributed by atoms with Crippen LogP contribution in [0.1, 0.15) is 24.0 Å². The van der Waals surface area contributed by atoms with Crippen molar-refractivity contribution in [3.8, 4) is 0 Å². The minimum atomic E-state index is -3.81. The molecule has 0 bridgehead atoms. The number of hydrogen-bond acceptors (Lipinski definition) is 5. The molecule has 1 saturated carbocycles. The van der Waals surface area contributed by atoms with Crippen LogP contribution in [0.2, 0.25) is 5.02 Å². The van der Waals surface area contributed by atoms with Crippen molar-refractivity contribution in [1.82, 2.24) is 0 Å². The molecule has 27 heavy (non-hydrogen) atoms. The van der Waals surface area contributed by atoms with Crippen molar-refractivity contribution in [2.24, 2.45) is 11.1 Å². The van der Waals surface area contributed by atoms with E-state index in [1.165, 1.54) is 24.3 Å². The smallest absolute Gasteiger partial charge is 0.315 e. The van der Waals surface area contributed by atoms with Crippen molar-refractivity contribution in [3.05, 3.63) is 64.7 Å². The molecule has 3 rings (SSSR count). The van der Waals surface area contributed by atoms with E-state index in [4.69, 9.17) is 22.1 Å². The van der Waals surface area contributed by atoms with Crippen LogP contribution in [0.5, 0.6) is 0 Å². The average molecular weight is 408 g/mol. The Morgan fingerprint density at radius 1 is 1.15 bits per heavy atom. The quantitative estimate of drug-likeness (QED) is 0.743. The van der Waals surface area contributed by atoms with Gasteiger partial charge >= 0.3 is 5.97 Å². The summed E-state index contributed by atoms with van der Waals surface area (Å²) in [6.45, 7) is 3.69. The molecule has 144 valence electrons. The molecule has 0 saturated heterocycles. The first-order valence-corrected chi connectivity index (χ1v) is 10.6. The van der Waals surface area contributed by atoms with Crippen LogP contribution in [0.4, 0.5) is 0 Å². The van der Waals surface area contributed by atoms with E-state index in [1.54, 1.807) is 6.92 Å². The van der Waals surface area contributed by atoms with Crippen molar-refractivity contribution < 1.29 is 17.9 Å². The molecule has 0 heterocycles. The van der Waals surface area contributed by atoms with Gasteiger partial charge in [0.15, 0.2) is 9.84 Å². The zero-order valence-corrected chi connectivity index (χ0v) is 16.8. The molecular formula is C20H22ClNO4S. The molecule has 2 aromatic rings. The number of esters is 1. The third-order valence-corrected chi connectivity index (χ3v) is 7.71. The second kappa shape index (κ2) is 7.26. The van der Waals surface area contributed by atoms with Crippen LogP contribution >= 0.6 is 11.6 Å². The van der Waals surface area contributed by atoms with Gasteiger partial charge in [-0.3, -0.25) is 4.79 Å². The van der Waals surface area contributed by atoms with E-state index >= 15 is 0 Å². The lowest BCUT2D eigenvalue weighted by molar-refractivity contribution is -0.149. The molecule has 0 radical (unpaired) electrons. The first-order chi connectivity index (χ1) is 12.8. The second-order valence-electron chi connectivity index (χ2n) is 6.77. The molecule has 1 fully saturated rings. The van der Waals surface area contributed by atoms with Crippen molar-refractivity contribution in [1.29, 1.82) is 0 Å². The molecule has 0 aliphatic heterocycles. The highest BCUT2D eigenvalue weighted by Gasteiger charge is 2.75. The predicted molar refractivity (Wildman–Crippen MR) is 104 cm³/mol. The summed E-state index contributed by atoms with van der Waals surface area (Å²) in [5.74, 6) is -1.12. The molecule has 2 N–H and O–H groups in total. The number of carbonyl (C=O) groups excluding carboxylic acids is 1. The second-order valence-corrected chi connectivity index (χ2v) is 9.28. The van der Waals surface area contributed by atoms with Gasteiger partial charge in [-0.05, 0) is 43.7 Å². The summed E-state index contributed by atoms with van der Waals surface area (Å²) in [4.78, 5) is 12.9. The fourth-order valence-electron chi connectivity index (χ4n) is 3.71. The van der Waals surface area contributed by atoms with Crippen LogP contribution in [0, 0.1) is 12.3 Å². The molecule has 5 nitrogen and oxygen atoms in total. The number of ether oxygens (including phenoxy) is 1. The molecule has 7 heteroatoms. The predicted octanol–water partition coefficient (Wildman–Crippen LogP) is 3.10. The Kier molecular flexibility index (Phi) is 5.34. The maximum atomic E-state index is 13.3. The highest BCUT2D eigenvalue weighted by Crippen LogP contribution is 2.64. The molecule has 3 unspecified atom stereocenters. The molecular weight excluding hydrogens is 386 g/mol. The van der Waals surface area contributed by atoms with Crippen LogP contribution < -0.4 is 5.73 Å². The summed E-state index contributed by atoms with van der Waals surface area (Å²) in [7, 11) is -3.81. The number of sulfone groups is 1. The lowest BCUT2D eigenvalue weighted by atomic mass is 9.98. The number of hydrogen-bond donors (Lipinski definition) is 1. The van der Waals surface area contributed by atoms with Gasteiger partial charge in [-0.1, -0.05) is 41.4 Å². The fraction of sp³-hybridized carbons (Fsp3) is 0.350. The molecule has 3 atom stereocenters. The van der Waals surface area contributed by atoms with E-state index in [9.17, 15) is 13.2 Å². The average Bonchev–Trinajstić information content (AvgIpc) is 3.34.